The largest absolute Gasteiger partial charge is 0.348 e. The third-order valence-electron chi connectivity index (χ3n) is 4.35. The van der Waals surface area contributed by atoms with E-state index in [9.17, 15) is 14.0 Å². The predicted octanol–water partition coefficient (Wildman–Crippen LogP) is 2.79. The van der Waals surface area contributed by atoms with Crippen LogP contribution in [0.25, 0.3) is 10.9 Å². The van der Waals surface area contributed by atoms with Crippen LogP contribution < -0.4 is 10.9 Å². The van der Waals surface area contributed by atoms with Crippen LogP contribution in [0, 0.1) is 24.1 Å². The molecule has 0 saturated carbocycles. The second kappa shape index (κ2) is 6.81. The van der Waals surface area contributed by atoms with Gasteiger partial charge in [-0.05, 0) is 42.3 Å². The van der Waals surface area contributed by atoms with Gasteiger partial charge in [0.05, 0.1) is 17.1 Å². The Kier molecular flexibility index (Phi) is 4.55. The third kappa shape index (κ3) is 3.07. The lowest BCUT2D eigenvalue weighted by atomic mass is 10.0. The normalized spacial score (nSPS) is 10.5. The van der Waals surface area contributed by atoms with E-state index in [2.05, 4.69) is 5.32 Å². The van der Waals surface area contributed by atoms with E-state index in [4.69, 9.17) is 5.26 Å². The molecular formula is C20H16FN3O2. The Bertz CT molecular complexity index is 1130. The van der Waals surface area contributed by atoms with Gasteiger partial charge in [0.2, 0.25) is 0 Å². The molecule has 0 bridgehead atoms. The Labute approximate surface area is 149 Å². The first kappa shape index (κ1) is 17.4. The highest BCUT2D eigenvalue weighted by molar-refractivity contribution is 6.00. The number of fused-ring (bicyclic) bond motifs is 1. The number of nitrogens with zero attached hydrogens (tertiary/aromatic N) is 2. The van der Waals surface area contributed by atoms with Crippen LogP contribution in [0.1, 0.15) is 27.0 Å². The van der Waals surface area contributed by atoms with Crippen molar-refractivity contribution in [2.24, 2.45) is 7.05 Å². The molecule has 130 valence electrons. The van der Waals surface area contributed by atoms with Crippen molar-refractivity contribution in [1.82, 2.24) is 9.88 Å². The van der Waals surface area contributed by atoms with Gasteiger partial charge in [0.1, 0.15) is 11.4 Å². The van der Waals surface area contributed by atoms with E-state index in [1.54, 1.807) is 44.3 Å². The molecule has 0 aliphatic carbocycles. The number of aryl methyl sites for hydroxylation is 2. The van der Waals surface area contributed by atoms with Crippen LogP contribution in [-0.4, -0.2) is 10.5 Å². The van der Waals surface area contributed by atoms with E-state index in [1.165, 1.54) is 16.7 Å². The lowest BCUT2D eigenvalue weighted by Gasteiger charge is -2.13. The Morgan fingerprint density at radius 3 is 2.73 bits per heavy atom. The smallest absolute Gasteiger partial charge is 0.263 e. The summed E-state index contributed by atoms with van der Waals surface area (Å²) in [4.78, 5) is 25.3. The van der Waals surface area contributed by atoms with E-state index < -0.39 is 11.5 Å². The summed E-state index contributed by atoms with van der Waals surface area (Å²) in [6.07, 6.45) is 0. The summed E-state index contributed by atoms with van der Waals surface area (Å²) in [5, 5.41) is 12.4. The van der Waals surface area contributed by atoms with Crippen molar-refractivity contribution in [3.8, 4) is 6.07 Å². The van der Waals surface area contributed by atoms with E-state index in [0.29, 0.717) is 22.2 Å². The fourth-order valence-corrected chi connectivity index (χ4v) is 2.95. The molecule has 26 heavy (non-hydrogen) atoms. The van der Waals surface area contributed by atoms with Gasteiger partial charge in [-0.3, -0.25) is 9.59 Å². The lowest BCUT2D eigenvalue weighted by Crippen LogP contribution is -2.33. The molecule has 0 radical (unpaired) electrons. The summed E-state index contributed by atoms with van der Waals surface area (Å²) >= 11 is 0. The monoisotopic (exact) mass is 349 g/mol. The number of pyridine rings is 1. The molecule has 1 N–H and O–H groups in total. The van der Waals surface area contributed by atoms with Gasteiger partial charge in [-0.25, -0.2) is 4.39 Å². The number of halogens is 1. The second-order valence-corrected chi connectivity index (χ2v) is 6.02. The Morgan fingerprint density at radius 1 is 1.27 bits per heavy atom. The van der Waals surface area contributed by atoms with Crippen molar-refractivity contribution in [2.45, 2.75) is 13.5 Å². The molecule has 3 aromatic rings. The molecule has 0 aliphatic heterocycles. The van der Waals surface area contributed by atoms with Gasteiger partial charge in [-0.1, -0.05) is 18.2 Å². The van der Waals surface area contributed by atoms with Gasteiger partial charge >= 0.3 is 0 Å². The molecule has 0 aliphatic rings. The summed E-state index contributed by atoms with van der Waals surface area (Å²) in [6.45, 7) is 1.82. The van der Waals surface area contributed by atoms with Gasteiger partial charge in [0, 0.05) is 19.0 Å². The molecule has 5 nitrogen and oxygen atoms in total. The molecule has 0 saturated heterocycles. The van der Waals surface area contributed by atoms with Crippen molar-refractivity contribution in [3.05, 3.63) is 80.9 Å². The molecule has 0 atom stereocenters. The Hall–Kier alpha value is -3.46. The van der Waals surface area contributed by atoms with E-state index in [-0.39, 0.29) is 17.9 Å². The Morgan fingerprint density at radius 2 is 2.04 bits per heavy atom. The summed E-state index contributed by atoms with van der Waals surface area (Å²) < 4.78 is 14.6. The predicted molar refractivity (Wildman–Crippen MR) is 96.2 cm³/mol. The molecule has 0 fully saturated rings. The first-order valence-corrected chi connectivity index (χ1v) is 7.98. The third-order valence-corrected chi connectivity index (χ3v) is 4.35. The number of amides is 1. The number of carbonyl (C=O) groups excluding carboxylic acids is 1. The van der Waals surface area contributed by atoms with Crippen LogP contribution in [0.2, 0.25) is 0 Å². The van der Waals surface area contributed by atoms with E-state index >= 15 is 0 Å². The highest BCUT2D eigenvalue weighted by Gasteiger charge is 2.18. The lowest BCUT2D eigenvalue weighted by molar-refractivity contribution is 0.0948. The Balaban J connectivity index is 2.00. The zero-order valence-corrected chi connectivity index (χ0v) is 14.3. The minimum absolute atomic E-state index is 0.0427. The van der Waals surface area contributed by atoms with Gasteiger partial charge in [0.15, 0.2) is 0 Å². The minimum Gasteiger partial charge on any atom is -0.348 e. The molecule has 0 unspecified atom stereocenters. The maximum Gasteiger partial charge on any atom is 0.263 e. The van der Waals surface area contributed by atoms with Crippen LogP contribution in [-0.2, 0) is 13.6 Å². The highest BCUT2D eigenvalue weighted by Crippen LogP contribution is 2.20. The number of benzene rings is 2. The standard InChI is InChI=1S/C20H16FN3O2/c1-12-16-7-6-13(10-22)9-17(16)24(2)20(26)18(12)19(25)23-11-14-4-3-5-15(21)8-14/h3-9H,11H2,1-2H3,(H,23,25). The number of rotatable bonds is 3. The number of nitrogens with one attached hydrogen (secondary N) is 1. The van der Waals surface area contributed by atoms with Gasteiger partial charge < -0.3 is 9.88 Å². The number of hydrogen-bond donors (Lipinski definition) is 1. The van der Waals surface area contributed by atoms with Crippen molar-refractivity contribution < 1.29 is 9.18 Å². The van der Waals surface area contributed by atoms with E-state index in [1.807, 2.05) is 6.07 Å². The zero-order chi connectivity index (χ0) is 18.8. The van der Waals surface area contributed by atoms with Crippen molar-refractivity contribution in [2.75, 3.05) is 0 Å². The molecule has 1 aromatic heterocycles. The van der Waals surface area contributed by atoms with Crippen LogP contribution in [0.3, 0.4) is 0 Å². The van der Waals surface area contributed by atoms with Crippen LogP contribution in [0.15, 0.2) is 47.3 Å². The molecule has 2 aromatic carbocycles. The molecule has 3 rings (SSSR count). The molecular weight excluding hydrogens is 333 g/mol. The quantitative estimate of drug-likeness (QED) is 0.790. The van der Waals surface area contributed by atoms with Crippen LogP contribution in [0.4, 0.5) is 4.39 Å². The van der Waals surface area contributed by atoms with Gasteiger partial charge in [-0.2, -0.15) is 5.26 Å². The summed E-state index contributed by atoms with van der Waals surface area (Å²) in [7, 11) is 1.56. The second-order valence-electron chi connectivity index (χ2n) is 6.02. The highest BCUT2D eigenvalue weighted by atomic mass is 19.1. The number of nitriles is 1. The van der Waals surface area contributed by atoms with Crippen molar-refractivity contribution >= 4 is 16.8 Å². The maximum atomic E-state index is 13.2. The van der Waals surface area contributed by atoms with E-state index in [0.717, 1.165) is 5.39 Å². The number of hydrogen-bond acceptors (Lipinski definition) is 3. The summed E-state index contributed by atoms with van der Waals surface area (Å²) in [5.74, 6) is -0.901. The van der Waals surface area contributed by atoms with Gasteiger partial charge in [0.25, 0.3) is 11.5 Å². The number of aromatic nitrogens is 1. The van der Waals surface area contributed by atoms with Crippen LogP contribution in [0.5, 0.6) is 0 Å². The topological polar surface area (TPSA) is 74.9 Å². The van der Waals surface area contributed by atoms with Gasteiger partial charge in [-0.15, -0.1) is 0 Å². The summed E-state index contributed by atoms with van der Waals surface area (Å²) in [5.41, 5.74) is 1.78. The molecule has 1 amide bonds. The molecule has 0 spiro atoms. The summed E-state index contributed by atoms with van der Waals surface area (Å²) in [6, 6.07) is 12.9. The van der Waals surface area contributed by atoms with Crippen molar-refractivity contribution in [1.29, 1.82) is 5.26 Å². The number of carbonyl (C=O) groups is 1. The average Bonchev–Trinajstić information content (AvgIpc) is 2.64. The SMILES string of the molecule is Cc1c(C(=O)NCc2cccc(F)c2)c(=O)n(C)c2cc(C#N)ccc12. The molecule has 6 heteroatoms. The average molecular weight is 349 g/mol. The minimum atomic E-state index is -0.515. The zero-order valence-electron chi connectivity index (χ0n) is 14.3. The van der Waals surface area contributed by atoms with Crippen LogP contribution >= 0.6 is 0 Å². The first-order valence-electron chi connectivity index (χ1n) is 7.98. The first-order chi connectivity index (χ1) is 12.4. The maximum absolute atomic E-state index is 13.2. The molecule has 1 heterocycles. The fourth-order valence-electron chi connectivity index (χ4n) is 2.95. The fraction of sp³-hybridized carbons (Fsp3) is 0.150. The van der Waals surface area contributed by atoms with Crippen molar-refractivity contribution in [3.63, 3.8) is 0 Å².